The van der Waals surface area contributed by atoms with Gasteiger partial charge in [0.15, 0.2) is 0 Å². The largest absolute Gasteiger partial charge is 0.497 e. The van der Waals surface area contributed by atoms with E-state index < -0.39 is 12.0 Å². The predicted octanol–water partition coefficient (Wildman–Crippen LogP) is 0.724. The summed E-state index contributed by atoms with van der Waals surface area (Å²) in [4.78, 5) is 29.4. The van der Waals surface area contributed by atoms with E-state index in [1.807, 2.05) is 24.3 Å². The van der Waals surface area contributed by atoms with E-state index in [0.717, 1.165) is 31.7 Å². The Kier molecular flexibility index (Phi) is 5.98. The number of piperazine rings is 1. The van der Waals surface area contributed by atoms with Gasteiger partial charge < -0.3 is 25.0 Å². The van der Waals surface area contributed by atoms with Gasteiger partial charge in [0, 0.05) is 38.4 Å². The van der Waals surface area contributed by atoms with Crippen LogP contribution in [0.25, 0.3) is 0 Å². The molecule has 0 unspecified atom stereocenters. The highest BCUT2D eigenvalue weighted by Crippen LogP contribution is 2.30. The van der Waals surface area contributed by atoms with Crippen molar-refractivity contribution in [3.05, 3.63) is 41.1 Å². The first-order valence-corrected chi connectivity index (χ1v) is 8.95. The molecular formula is C19H26N4O4. The van der Waals surface area contributed by atoms with Crippen molar-refractivity contribution in [3.63, 3.8) is 0 Å². The third-order valence-electron chi connectivity index (χ3n) is 4.96. The molecule has 27 heavy (non-hydrogen) atoms. The Morgan fingerprint density at radius 3 is 2.63 bits per heavy atom. The number of benzene rings is 1. The molecule has 1 aromatic carbocycles. The van der Waals surface area contributed by atoms with Gasteiger partial charge in [0.05, 0.1) is 25.8 Å². The van der Waals surface area contributed by atoms with E-state index in [0.29, 0.717) is 23.6 Å². The molecule has 8 nitrogen and oxygen atoms in total. The lowest BCUT2D eigenvalue weighted by Crippen LogP contribution is -2.51. The van der Waals surface area contributed by atoms with Crippen molar-refractivity contribution in [2.45, 2.75) is 6.04 Å². The number of ether oxygens (including phenoxy) is 2. The number of hydrogen-bond acceptors (Lipinski definition) is 6. The number of hydrogen-bond donors (Lipinski definition) is 2. The highest BCUT2D eigenvalue weighted by Gasteiger charge is 2.34. The van der Waals surface area contributed by atoms with Crippen LogP contribution >= 0.6 is 0 Å². The molecule has 3 rings (SSSR count). The highest BCUT2D eigenvalue weighted by atomic mass is 16.5. The third kappa shape index (κ3) is 4.40. The Hall–Kier alpha value is -2.58. The number of esters is 1. The van der Waals surface area contributed by atoms with Crippen LogP contribution in [0.15, 0.2) is 35.5 Å². The molecule has 2 heterocycles. The summed E-state index contributed by atoms with van der Waals surface area (Å²) < 4.78 is 10.3. The fraction of sp³-hybridized carbons (Fsp3) is 0.474. The summed E-state index contributed by atoms with van der Waals surface area (Å²) in [6, 6.07) is 6.39. The van der Waals surface area contributed by atoms with E-state index >= 15 is 0 Å². The lowest BCUT2D eigenvalue weighted by molar-refractivity contribution is -0.136. The summed E-state index contributed by atoms with van der Waals surface area (Å²) in [6.45, 7) is 4.15. The Balaban J connectivity index is 1.95. The standard InChI is InChI=1S/C19H26N4O4/c1-22-7-9-23(10-8-22)12-15-16(18(24)27-3)17(21-19(25)20-15)13-5-4-6-14(11-13)26-2/h4-6,11,17H,7-10,12H2,1-3H3,(H2,20,21,25)/t17-/m0/s1. The number of carbonyl (C=O) groups is 2. The Bertz CT molecular complexity index is 741. The van der Waals surface area contributed by atoms with E-state index in [4.69, 9.17) is 9.47 Å². The number of rotatable bonds is 5. The van der Waals surface area contributed by atoms with E-state index in [-0.39, 0.29) is 6.03 Å². The molecule has 2 amide bonds. The van der Waals surface area contributed by atoms with Crippen molar-refractivity contribution in [3.8, 4) is 5.75 Å². The molecule has 1 aromatic rings. The maximum absolute atomic E-state index is 12.6. The third-order valence-corrected chi connectivity index (χ3v) is 4.96. The van der Waals surface area contributed by atoms with Gasteiger partial charge >= 0.3 is 12.0 Å². The van der Waals surface area contributed by atoms with Crippen LogP contribution in [-0.4, -0.2) is 75.8 Å². The molecule has 1 saturated heterocycles. The lowest BCUT2D eigenvalue weighted by Gasteiger charge is -2.35. The van der Waals surface area contributed by atoms with Crippen molar-refractivity contribution in [2.24, 2.45) is 0 Å². The van der Waals surface area contributed by atoms with Gasteiger partial charge in [-0.05, 0) is 24.7 Å². The van der Waals surface area contributed by atoms with Crippen LogP contribution in [0.3, 0.4) is 0 Å². The first-order valence-electron chi connectivity index (χ1n) is 8.95. The second-order valence-electron chi connectivity index (χ2n) is 6.77. The van der Waals surface area contributed by atoms with E-state index in [9.17, 15) is 9.59 Å². The number of methoxy groups -OCH3 is 2. The maximum Gasteiger partial charge on any atom is 0.338 e. The minimum Gasteiger partial charge on any atom is -0.497 e. The number of carbonyl (C=O) groups excluding carboxylic acids is 2. The zero-order valence-corrected chi connectivity index (χ0v) is 15.9. The van der Waals surface area contributed by atoms with E-state index in [2.05, 4.69) is 27.5 Å². The average molecular weight is 374 g/mol. The highest BCUT2D eigenvalue weighted by molar-refractivity contribution is 5.95. The van der Waals surface area contributed by atoms with Crippen molar-refractivity contribution >= 4 is 12.0 Å². The second-order valence-corrected chi connectivity index (χ2v) is 6.77. The Morgan fingerprint density at radius 2 is 1.96 bits per heavy atom. The Labute approximate surface area is 159 Å². The molecular weight excluding hydrogens is 348 g/mol. The number of likely N-dealkylation sites (N-methyl/N-ethyl adjacent to an activating group) is 1. The number of urea groups is 1. The summed E-state index contributed by atoms with van der Waals surface area (Å²) in [5.41, 5.74) is 1.77. The first kappa shape index (κ1) is 19.2. The fourth-order valence-electron chi connectivity index (χ4n) is 3.39. The van der Waals surface area contributed by atoms with Crippen LogP contribution in [-0.2, 0) is 9.53 Å². The van der Waals surface area contributed by atoms with Gasteiger partial charge in [0.25, 0.3) is 0 Å². The monoisotopic (exact) mass is 374 g/mol. The van der Waals surface area contributed by atoms with Gasteiger partial charge in [-0.3, -0.25) is 4.90 Å². The zero-order valence-electron chi connectivity index (χ0n) is 15.9. The van der Waals surface area contributed by atoms with Gasteiger partial charge in [0.2, 0.25) is 0 Å². The molecule has 1 fully saturated rings. The van der Waals surface area contributed by atoms with Crippen LogP contribution in [0.1, 0.15) is 11.6 Å². The van der Waals surface area contributed by atoms with Gasteiger partial charge in [0.1, 0.15) is 5.75 Å². The molecule has 0 bridgehead atoms. The van der Waals surface area contributed by atoms with Crippen LogP contribution in [0.2, 0.25) is 0 Å². The summed E-state index contributed by atoms with van der Waals surface area (Å²) in [6.07, 6.45) is 0. The van der Waals surface area contributed by atoms with Gasteiger partial charge in [-0.25, -0.2) is 9.59 Å². The molecule has 0 spiro atoms. The summed E-state index contributed by atoms with van der Waals surface area (Å²) in [5.74, 6) is 0.199. The second kappa shape index (κ2) is 8.41. The van der Waals surface area contributed by atoms with Gasteiger partial charge in [-0.15, -0.1) is 0 Å². The van der Waals surface area contributed by atoms with Crippen LogP contribution in [0.4, 0.5) is 4.79 Å². The SMILES string of the molecule is COC(=O)C1=C(CN2CCN(C)CC2)NC(=O)N[C@H]1c1cccc(OC)c1. The molecule has 8 heteroatoms. The van der Waals surface area contributed by atoms with Crippen molar-refractivity contribution < 1.29 is 19.1 Å². The van der Waals surface area contributed by atoms with Gasteiger partial charge in [-0.2, -0.15) is 0 Å². The quantitative estimate of drug-likeness (QED) is 0.739. The zero-order chi connectivity index (χ0) is 19.4. The summed E-state index contributed by atoms with van der Waals surface area (Å²) in [5, 5.41) is 5.64. The molecule has 2 aliphatic heterocycles. The topological polar surface area (TPSA) is 83.1 Å². The molecule has 0 aromatic heterocycles. The minimum atomic E-state index is -0.594. The Morgan fingerprint density at radius 1 is 1.22 bits per heavy atom. The molecule has 0 saturated carbocycles. The van der Waals surface area contributed by atoms with Crippen LogP contribution in [0.5, 0.6) is 5.75 Å². The normalized spacial score (nSPS) is 21.4. The summed E-state index contributed by atoms with van der Waals surface area (Å²) >= 11 is 0. The van der Waals surface area contributed by atoms with Crippen molar-refractivity contribution in [2.75, 3.05) is 54.0 Å². The smallest absolute Gasteiger partial charge is 0.338 e. The first-order chi connectivity index (χ1) is 13.0. The lowest BCUT2D eigenvalue weighted by atomic mass is 9.94. The molecule has 0 aliphatic carbocycles. The van der Waals surface area contributed by atoms with Crippen molar-refractivity contribution in [1.82, 2.24) is 20.4 Å². The van der Waals surface area contributed by atoms with Gasteiger partial charge in [-0.1, -0.05) is 12.1 Å². The van der Waals surface area contributed by atoms with Crippen LogP contribution < -0.4 is 15.4 Å². The minimum absolute atomic E-state index is 0.334. The molecule has 2 aliphatic rings. The predicted molar refractivity (Wildman–Crippen MR) is 100 cm³/mol. The average Bonchev–Trinajstić information content (AvgIpc) is 2.68. The fourth-order valence-corrected chi connectivity index (χ4v) is 3.39. The molecule has 1 atom stereocenters. The molecule has 2 N–H and O–H groups in total. The van der Waals surface area contributed by atoms with Crippen molar-refractivity contribution in [1.29, 1.82) is 0 Å². The van der Waals surface area contributed by atoms with E-state index in [1.165, 1.54) is 7.11 Å². The number of nitrogens with one attached hydrogen (secondary N) is 2. The number of nitrogens with zero attached hydrogens (tertiary/aromatic N) is 2. The van der Waals surface area contributed by atoms with E-state index in [1.54, 1.807) is 7.11 Å². The maximum atomic E-state index is 12.6. The molecule has 146 valence electrons. The number of amides is 2. The summed E-state index contributed by atoms with van der Waals surface area (Å²) in [7, 11) is 5.01. The molecule has 0 radical (unpaired) electrons. The van der Waals surface area contributed by atoms with Crippen LogP contribution in [0, 0.1) is 0 Å².